The van der Waals surface area contributed by atoms with Crippen LogP contribution in [0.15, 0.2) is 234 Å². The van der Waals surface area contributed by atoms with E-state index in [2.05, 4.69) is 246 Å². The third-order valence-electron chi connectivity index (χ3n) is 19.9. The number of nitrogens with zero attached hydrogens (tertiary/aromatic N) is 6. The molecule has 0 radical (unpaired) electrons. The molecule has 6 aliphatic carbocycles. The third kappa shape index (κ3) is 6.60. The van der Waals surface area contributed by atoms with Crippen LogP contribution in [0.25, 0.3) is 67.2 Å². The third-order valence-corrected chi connectivity index (χ3v) is 19.9. The molecule has 0 amide bonds. The maximum absolute atomic E-state index is 6.18. The fourth-order valence-corrected chi connectivity index (χ4v) is 16.7. The first-order valence-corrected chi connectivity index (χ1v) is 27.7. The average Bonchev–Trinajstić information content (AvgIpc) is 1.70. The summed E-state index contributed by atoms with van der Waals surface area (Å²) >= 11 is 0. The van der Waals surface area contributed by atoms with Crippen molar-refractivity contribution < 1.29 is 0 Å². The summed E-state index contributed by atoms with van der Waals surface area (Å²) in [4.78, 5) is 33.9. The van der Waals surface area contributed by atoms with Crippen LogP contribution >= 0.6 is 0 Å². The second kappa shape index (κ2) is 16.6. The van der Waals surface area contributed by atoms with Crippen LogP contribution in [-0.4, -0.2) is 48.7 Å². The van der Waals surface area contributed by atoms with Crippen LogP contribution in [0.4, 0.5) is 0 Å². The Labute approximate surface area is 451 Å². The lowest BCUT2D eigenvalue weighted by atomic mass is 9.75. The number of benzene rings is 6. The fraction of sp³-hybridized carbons (Fsp3) is 0.239. The summed E-state index contributed by atoms with van der Waals surface area (Å²) in [5.41, 5.74) is 19.2. The van der Waals surface area contributed by atoms with Gasteiger partial charge in [0.05, 0.1) is 33.7 Å². The minimum Gasteiger partial charge on any atom is -0.282 e. The van der Waals surface area contributed by atoms with Crippen molar-refractivity contribution in [2.75, 3.05) is 0 Å². The van der Waals surface area contributed by atoms with Gasteiger partial charge in [-0.25, -0.2) is 0 Å². The van der Waals surface area contributed by atoms with Gasteiger partial charge in [-0.15, -0.1) is 0 Å². The minimum absolute atomic E-state index is 0.00798. The maximum atomic E-state index is 6.18. The Bertz CT molecular complexity index is 3910. The number of pyridine rings is 3. The highest BCUT2D eigenvalue weighted by atomic mass is 15.2. The number of hydrogen-bond acceptors (Lipinski definition) is 6. The average molecular weight is 997 g/mol. The van der Waals surface area contributed by atoms with Crippen molar-refractivity contribution in [2.24, 2.45) is 43.1 Å². The Morgan fingerprint density at radius 3 is 1.03 bits per heavy atom. The predicted octanol–water partition coefficient (Wildman–Crippen LogP) is 16.2. The molecule has 3 aromatic heterocycles. The lowest BCUT2D eigenvalue weighted by Gasteiger charge is -2.26. The van der Waals surface area contributed by atoms with Crippen LogP contribution in [0, 0.1) is 28.1 Å². The van der Waals surface area contributed by atoms with Crippen molar-refractivity contribution in [3.05, 3.63) is 235 Å². The summed E-state index contributed by atoms with van der Waals surface area (Å²) in [5.74, 6) is 0.871. The lowest BCUT2D eigenvalue weighted by molar-refractivity contribution is 0.186. The molecule has 9 aromatic rings. The zero-order chi connectivity index (χ0) is 51.8. The summed E-state index contributed by atoms with van der Waals surface area (Å²) in [6.45, 7) is 9.29. The molecule has 6 nitrogen and oxygen atoms in total. The molecule has 6 aromatic carbocycles. The van der Waals surface area contributed by atoms with Crippen LogP contribution in [0.2, 0.25) is 0 Å². The molecule has 6 fully saturated rings. The van der Waals surface area contributed by atoms with Gasteiger partial charge in [0, 0.05) is 85.4 Å². The highest BCUT2D eigenvalue weighted by Crippen LogP contribution is 3.05. The van der Waals surface area contributed by atoms with Crippen LogP contribution in [-0.2, 0) is 0 Å². The van der Waals surface area contributed by atoms with Crippen LogP contribution < -0.4 is 0 Å². The Kier molecular flexibility index (Phi) is 9.96. The summed E-state index contributed by atoms with van der Waals surface area (Å²) in [5, 5.41) is 0. The first-order valence-electron chi connectivity index (χ1n) is 27.7. The molecule has 3 heterocycles. The van der Waals surface area contributed by atoms with Gasteiger partial charge in [-0.2, -0.15) is 0 Å². The van der Waals surface area contributed by atoms with Gasteiger partial charge in [-0.1, -0.05) is 189 Å². The van der Waals surface area contributed by atoms with E-state index in [4.69, 9.17) is 29.9 Å². The largest absolute Gasteiger partial charge is 0.282 e. The van der Waals surface area contributed by atoms with E-state index in [0.29, 0.717) is 11.8 Å². The Morgan fingerprint density at radius 2 is 0.675 bits per heavy atom. The number of rotatable bonds is 12. The Morgan fingerprint density at radius 1 is 0.377 bits per heavy atom. The standard InChI is InChI=1S/C71H60N6/c1-46(59-38-72-62(53-29-17-8-18-30-53)35-56(59)50-23-11-5-12-24-50)75-68-41-66-42-69(66,76-47(2)60-39-73-63(54-31-19-9-20-32-54)36-57(60)51-25-13-6-14-26-51)45-70-49(4)71(70,44-67(68,43-68)65(66)70)77-48(3)61-40-74-64(55-33-21-10-22-34-55)37-58(61)52-27-15-7-16-28-52/h5-40,49,65H,41-45H2,1-4H3/b75-46-,76-47-,77-48-. The van der Waals surface area contributed by atoms with E-state index >= 15 is 0 Å². The highest BCUT2D eigenvalue weighted by Gasteiger charge is 3.06. The second-order valence-corrected chi connectivity index (χ2v) is 23.5. The fourth-order valence-electron chi connectivity index (χ4n) is 16.7. The number of aromatic nitrogens is 3. The molecule has 8 atom stereocenters. The van der Waals surface area contributed by atoms with Gasteiger partial charge < -0.3 is 0 Å². The molecule has 3 spiro atoms. The summed E-state index contributed by atoms with van der Waals surface area (Å²) < 4.78 is 0. The van der Waals surface area contributed by atoms with Gasteiger partial charge in [0.15, 0.2) is 0 Å². The monoisotopic (exact) mass is 996 g/mol. The Balaban J connectivity index is 0.873. The highest BCUT2D eigenvalue weighted by molar-refractivity contribution is 6.07. The van der Waals surface area contributed by atoms with E-state index in [1.165, 1.54) is 33.4 Å². The molecule has 15 rings (SSSR count). The predicted molar refractivity (Wildman–Crippen MR) is 313 cm³/mol. The van der Waals surface area contributed by atoms with Crippen LogP contribution in [0.3, 0.4) is 0 Å². The molecular weight excluding hydrogens is 937 g/mol. The smallest absolute Gasteiger partial charge is 0.0712 e. The van der Waals surface area contributed by atoms with E-state index in [1.807, 2.05) is 0 Å². The van der Waals surface area contributed by atoms with Crippen molar-refractivity contribution in [3.63, 3.8) is 0 Å². The van der Waals surface area contributed by atoms with E-state index in [9.17, 15) is 0 Å². The SMILES string of the molecule is C/C(=N/C12CC13CC1(/N=C(/C)c4cnc(-c5ccccc5)cc4-c4ccccc4)CC14CC1(/N=C(/C)c5cnc(-c6ccccc6)cc5-c5ccccc5)C(C)C1(C2)C34)c1cnc(-c2ccccc2)cc1-c1ccccc1. The molecule has 0 aliphatic heterocycles. The molecular formula is C71H60N6. The first-order chi connectivity index (χ1) is 37.6. The van der Waals surface area contributed by atoms with Gasteiger partial charge >= 0.3 is 0 Å². The van der Waals surface area contributed by atoms with E-state index in [-0.39, 0.29) is 32.9 Å². The minimum atomic E-state index is -0.238. The molecule has 8 unspecified atom stereocenters. The lowest BCUT2D eigenvalue weighted by Crippen LogP contribution is -2.24. The molecule has 0 saturated heterocycles. The number of hydrogen-bond donors (Lipinski definition) is 0. The van der Waals surface area contributed by atoms with Crippen molar-refractivity contribution in [1.82, 2.24) is 15.0 Å². The van der Waals surface area contributed by atoms with Gasteiger partial charge in [-0.3, -0.25) is 29.9 Å². The molecule has 77 heavy (non-hydrogen) atoms. The summed E-state index contributed by atoms with van der Waals surface area (Å²) in [7, 11) is 0. The van der Waals surface area contributed by atoms with Crippen LogP contribution in [0.1, 0.15) is 76.5 Å². The molecule has 374 valence electrons. The van der Waals surface area contributed by atoms with Crippen LogP contribution in [0.5, 0.6) is 0 Å². The molecule has 0 bridgehead atoms. The van der Waals surface area contributed by atoms with E-state index in [1.54, 1.807) is 0 Å². The second-order valence-electron chi connectivity index (χ2n) is 23.5. The van der Waals surface area contributed by atoms with Crippen molar-refractivity contribution >= 4 is 17.1 Å². The van der Waals surface area contributed by atoms with Gasteiger partial charge in [0.25, 0.3) is 0 Å². The molecule has 0 N–H and O–H groups in total. The Hall–Kier alpha value is -8.22. The molecule has 6 saturated carbocycles. The van der Waals surface area contributed by atoms with E-state index in [0.717, 1.165) is 99.7 Å². The van der Waals surface area contributed by atoms with Gasteiger partial charge in [0.1, 0.15) is 0 Å². The first kappa shape index (κ1) is 46.1. The normalized spacial score (nSPS) is 29.1. The summed E-state index contributed by atoms with van der Waals surface area (Å²) in [6, 6.07) is 70.8. The number of aliphatic imine (C=N–C) groups is 3. The quantitative estimate of drug-likeness (QED) is 0.114. The van der Waals surface area contributed by atoms with Crippen molar-refractivity contribution in [1.29, 1.82) is 0 Å². The topological polar surface area (TPSA) is 75.8 Å². The van der Waals surface area contributed by atoms with Gasteiger partial charge in [-0.05, 0) is 116 Å². The van der Waals surface area contributed by atoms with E-state index < -0.39 is 0 Å². The maximum Gasteiger partial charge on any atom is 0.0712 e. The zero-order valence-electron chi connectivity index (χ0n) is 44.2. The molecule has 6 aliphatic rings. The summed E-state index contributed by atoms with van der Waals surface area (Å²) in [6.07, 6.45) is 11.6. The molecule has 6 heteroatoms. The van der Waals surface area contributed by atoms with Crippen molar-refractivity contribution in [3.8, 4) is 67.2 Å². The van der Waals surface area contributed by atoms with Gasteiger partial charge in [0.2, 0.25) is 0 Å². The van der Waals surface area contributed by atoms with Crippen molar-refractivity contribution in [2.45, 2.75) is 76.4 Å². The zero-order valence-corrected chi connectivity index (χ0v) is 44.2.